The van der Waals surface area contributed by atoms with Crippen molar-refractivity contribution in [2.45, 2.75) is 13.8 Å². The molecule has 0 saturated carbocycles. The Morgan fingerprint density at radius 3 is 2.03 bits per heavy atom. The van der Waals surface area contributed by atoms with Gasteiger partial charge in [-0.3, -0.25) is 25.2 Å². The number of carbonyl (C=O) groups is 3. The summed E-state index contributed by atoms with van der Waals surface area (Å²) in [6, 6.07) is 16.8. The van der Waals surface area contributed by atoms with Crippen LogP contribution < -0.4 is 10.9 Å². The van der Waals surface area contributed by atoms with Crippen LogP contribution in [-0.4, -0.2) is 17.6 Å². The number of hydrazine groups is 1. The fraction of sp³-hybridized carbons (Fsp3) is 0.0870. The molecule has 0 unspecified atom stereocenters. The summed E-state index contributed by atoms with van der Waals surface area (Å²) in [5, 5.41) is 0. The Morgan fingerprint density at radius 1 is 0.724 bits per heavy atom. The lowest BCUT2D eigenvalue weighted by Gasteiger charge is -2.12. The molecule has 0 bridgehead atoms. The van der Waals surface area contributed by atoms with Crippen molar-refractivity contribution in [3.63, 3.8) is 0 Å². The van der Waals surface area contributed by atoms with Crippen molar-refractivity contribution in [3.05, 3.63) is 106 Å². The van der Waals surface area contributed by atoms with Crippen LogP contribution >= 0.6 is 0 Å². The van der Waals surface area contributed by atoms with E-state index in [1.165, 1.54) is 18.2 Å². The van der Waals surface area contributed by atoms with E-state index >= 15 is 0 Å². The minimum absolute atomic E-state index is 0.137. The first-order valence-electron chi connectivity index (χ1n) is 8.94. The number of halogens is 1. The Hall–Kier alpha value is -3.80. The standard InChI is InChI=1S/C23H19FN2O3/c1-14-7-8-15(2)20(13-14)21(27)18-5-3-4-6-19(18)23(29)26-25-22(28)16-9-11-17(24)12-10-16/h3-13H,1-2H3,(H,25,28)(H,26,29). The molecule has 5 nitrogen and oxygen atoms in total. The quantitative estimate of drug-likeness (QED) is 0.526. The van der Waals surface area contributed by atoms with Gasteiger partial charge in [-0.15, -0.1) is 0 Å². The Labute approximate surface area is 167 Å². The first-order valence-corrected chi connectivity index (χ1v) is 8.94. The lowest BCUT2D eigenvalue weighted by molar-refractivity contribution is 0.0845. The third kappa shape index (κ3) is 4.55. The molecule has 0 aliphatic heterocycles. The normalized spacial score (nSPS) is 10.3. The number of ketones is 1. The van der Waals surface area contributed by atoms with Crippen LogP contribution in [0.15, 0.2) is 66.7 Å². The van der Waals surface area contributed by atoms with Crippen LogP contribution in [0.5, 0.6) is 0 Å². The van der Waals surface area contributed by atoms with Crippen molar-refractivity contribution in [1.82, 2.24) is 10.9 Å². The van der Waals surface area contributed by atoms with E-state index in [-0.39, 0.29) is 22.5 Å². The highest BCUT2D eigenvalue weighted by Gasteiger charge is 2.20. The van der Waals surface area contributed by atoms with E-state index in [1.807, 2.05) is 26.0 Å². The van der Waals surface area contributed by atoms with Crippen molar-refractivity contribution in [1.29, 1.82) is 0 Å². The molecule has 0 fully saturated rings. The summed E-state index contributed by atoms with van der Waals surface area (Å²) in [7, 11) is 0. The molecule has 3 rings (SSSR count). The van der Waals surface area contributed by atoms with E-state index in [4.69, 9.17) is 0 Å². The zero-order valence-corrected chi connectivity index (χ0v) is 16.0. The number of amides is 2. The molecule has 0 aliphatic rings. The Balaban J connectivity index is 1.80. The molecule has 0 saturated heterocycles. The molecule has 2 N–H and O–H groups in total. The predicted octanol–water partition coefficient (Wildman–Crippen LogP) is 3.75. The molecule has 6 heteroatoms. The summed E-state index contributed by atoms with van der Waals surface area (Å²) in [5.74, 6) is -1.97. The van der Waals surface area contributed by atoms with Crippen LogP contribution in [0.1, 0.15) is 47.8 Å². The number of rotatable bonds is 4. The van der Waals surface area contributed by atoms with E-state index in [0.717, 1.165) is 23.3 Å². The molecule has 2 amide bonds. The van der Waals surface area contributed by atoms with Crippen molar-refractivity contribution in [3.8, 4) is 0 Å². The number of hydrogen-bond donors (Lipinski definition) is 2. The molecule has 0 radical (unpaired) electrons. The van der Waals surface area contributed by atoms with Crippen LogP contribution in [0.3, 0.4) is 0 Å². The zero-order chi connectivity index (χ0) is 21.0. The summed E-state index contributed by atoms with van der Waals surface area (Å²) in [5.41, 5.74) is 7.38. The van der Waals surface area contributed by atoms with E-state index in [2.05, 4.69) is 10.9 Å². The molecule has 146 valence electrons. The molecule has 3 aromatic rings. The maximum absolute atomic E-state index is 13.0. The molecule has 29 heavy (non-hydrogen) atoms. The van der Waals surface area contributed by atoms with Gasteiger partial charge >= 0.3 is 0 Å². The molecule has 0 atom stereocenters. The van der Waals surface area contributed by atoms with Crippen molar-refractivity contribution < 1.29 is 18.8 Å². The highest BCUT2D eigenvalue weighted by molar-refractivity contribution is 6.16. The fourth-order valence-corrected chi connectivity index (χ4v) is 2.86. The Morgan fingerprint density at radius 2 is 1.34 bits per heavy atom. The maximum Gasteiger partial charge on any atom is 0.270 e. The minimum atomic E-state index is -0.630. The van der Waals surface area contributed by atoms with Gasteiger partial charge < -0.3 is 0 Å². The average Bonchev–Trinajstić information content (AvgIpc) is 2.73. The van der Waals surface area contributed by atoms with Gasteiger partial charge in [0.05, 0.1) is 5.56 Å². The van der Waals surface area contributed by atoms with Gasteiger partial charge in [-0.05, 0) is 55.8 Å². The maximum atomic E-state index is 13.0. The lowest BCUT2D eigenvalue weighted by Crippen LogP contribution is -2.42. The van der Waals surface area contributed by atoms with Crippen LogP contribution in [0.4, 0.5) is 4.39 Å². The summed E-state index contributed by atoms with van der Waals surface area (Å²) in [6.07, 6.45) is 0. The molecule has 0 heterocycles. The van der Waals surface area contributed by atoms with Crippen molar-refractivity contribution in [2.24, 2.45) is 0 Å². The van der Waals surface area contributed by atoms with Crippen LogP contribution in [-0.2, 0) is 0 Å². The fourth-order valence-electron chi connectivity index (χ4n) is 2.86. The Kier molecular flexibility index (Phi) is 5.83. The third-order valence-corrected chi connectivity index (χ3v) is 4.45. The molecular weight excluding hydrogens is 371 g/mol. The number of benzene rings is 3. The highest BCUT2D eigenvalue weighted by atomic mass is 19.1. The van der Waals surface area contributed by atoms with Gasteiger partial charge in [-0.2, -0.15) is 0 Å². The molecular formula is C23H19FN2O3. The number of carbonyl (C=O) groups excluding carboxylic acids is 3. The van der Waals surface area contributed by atoms with Crippen molar-refractivity contribution >= 4 is 17.6 Å². The molecule has 3 aromatic carbocycles. The molecule has 0 spiro atoms. The second-order valence-corrected chi connectivity index (χ2v) is 6.61. The summed E-state index contributed by atoms with van der Waals surface area (Å²) < 4.78 is 13.0. The van der Waals surface area contributed by atoms with Gasteiger partial charge in [0.25, 0.3) is 11.8 Å². The van der Waals surface area contributed by atoms with Gasteiger partial charge in [0, 0.05) is 16.7 Å². The largest absolute Gasteiger partial charge is 0.289 e. The van der Waals surface area contributed by atoms with Crippen molar-refractivity contribution in [2.75, 3.05) is 0 Å². The van der Waals surface area contributed by atoms with Gasteiger partial charge in [0.2, 0.25) is 0 Å². The predicted molar refractivity (Wildman–Crippen MR) is 107 cm³/mol. The summed E-state index contributed by atoms with van der Waals surface area (Å²) in [4.78, 5) is 37.7. The van der Waals surface area contributed by atoms with E-state index in [0.29, 0.717) is 5.56 Å². The molecule has 0 aliphatic carbocycles. The van der Waals surface area contributed by atoms with Gasteiger partial charge in [0.1, 0.15) is 5.82 Å². The van der Waals surface area contributed by atoms with Gasteiger partial charge in [-0.1, -0.05) is 35.9 Å². The van der Waals surface area contributed by atoms with Crippen LogP contribution in [0.2, 0.25) is 0 Å². The van der Waals surface area contributed by atoms with Crippen LogP contribution in [0.25, 0.3) is 0 Å². The van der Waals surface area contributed by atoms with E-state index in [9.17, 15) is 18.8 Å². The third-order valence-electron chi connectivity index (χ3n) is 4.45. The van der Waals surface area contributed by atoms with E-state index < -0.39 is 17.6 Å². The molecule has 0 aromatic heterocycles. The van der Waals surface area contributed by atoms with E-state index in [1.54, 1.807) is 24.3 Å². The average molecular weight is 390 g/mol. The number of nitrogens with one attached hydrogen (secondary N) is 2. The Bertz CT molecular complexity index is 1090. The second kappa shape index (κ2) is 8.48. The van der Waals surface area contributed by atoms with Crippen LogP contribution in [0, 0.1) is 19.7 Å². The smallest absolute Gasteiger partial charge is 0.270 e. The first-order chi connectivity index (χ1) is 13.9. The summed E-state index contributed by atoms with van der Waals surface area (Å²) in [6.45, 7) is 3.72. The monoisotopic (exact) mass is 390 g/mol. The first kappa shape index (κ1) is 19.9. The zero-order valence-electron chi connectivity index (χ0n) is 16.0. The van der Waals surface area contributed by atoms with Gasteiger partial charge in [-0.25, -0.2) is 4.39 Å². The van der Waals surface area contributed by atoms with Gasteiger partial charge in [0.15, 0.2) is 5.78 Å². The lowest BCUT2D eigenvalue weighted by atomic mass is 9.94. The summed E-state index contributed by atoms with van der Waals surface area (Å²) >= 11 is 0. The highest BCUT2D eigenvalue weighted by Crippen LogP contribution is 2.19. The minimum Gasteiger partial charge on any atom is -0.289 e. The SMILES string of the molecule is Cc1ccc(C)c(C(=O)c2ccccc2C(=O)NNC(=O)c2ccc(F)cc2)c1. The second-order valence-electron chi connectivity index (χ2n) is 6.61. The topological polar surface area (TPSA) is 75.3 Å². The number of hydrogen-bond acceptors (Lipinski definition) is 3. The number of aryl methyl sites for hydroxylation is 2.